The number of nitrogens with zero attached hydrogens (tertiary/aromatic N) is 2. The molecule has 9 nitrogen and oxygen atoms in total. The highest BCUT2D eigenvalue weighted by Crippen LogP contribution is 2.29. The molecule has 0 bridgehead atoms. The quantitative estimate of drug-likeness (QED) is 0.262. The van der Waals surface area contributed by atoms with Crippen molar-refractivity contribution < 1.29 is 23.9 Å². The summed E-state index contributed by atoms with van der Waals surface area (Å²) in [5.41, 5.74) is 0. The highest BCUT2D eigenvalue weighted by Gasteiger charge is 2.42. The minimum Gasteiger partial charge on any atom is -0.379 e. The number of hydrogen-bond acceptors (Lipinski definition) is 6. The van der Waals surface area contributed by atoms with Crippen molar-refractivity contribution in [2.75, 3.05) is 41.4 Å². The summed E-state index contributed by atoms with van der Waals surface area (Å²) in [6.07, 6.45) is 14.9. The zero-order valence-electron chi connectivity index (χ0n) is 28.0. The number of rotatable bonds is 17. The van der Waals surface area contributed by atoms with Crippen LogP contribution < -0.4 is 10.6 Å². The number of methoxy groups -OCH3 is 2. The number of amides is 3. The Bertz CT molecular complexity index is 964. The molecule has 2 rings (SSSR count). The molecule has 7 atom stereocenters. The van der Waals surface area contributed by atoms with Crippen LogP contribution in [0, 0.1) is 23.7 Å². The zero-order valence-corrected chi connectivity index (χ0v) is 28.0. The largest absolute Gasteiger partial charge is 0.379 e. The fraction of sp³-hybridized carbons (Fsp3) is 0.735. The van der Waals surface area contributed by atoms with Gasteiger partial charge in [-0.05, 0) is 44.1 Å². The van der Waals surface area contributed by atoms with E-state index < -0.39 is 18.1 Å². The summed E-state index contributed by atoms with van der Waals surface area (Å²) in [6.45, 7) is 11.3. The maximum Gasteiger partial charge on any atom is 0.240 e. The van der Waals surface area contributed by atoms with Gasteiger partial charge in [0.25, 0.3) is 0 Å². The highest BCUT2D eigenvalue weighted by molar-refractivity contribution is 5.83. The van der Waals surface area contributed by atoms with Crippen LogP contribution in [0.1, 0.15) is 66.7 Å². The number of carbonyl (C=O) groups is 3. The lowest BCUT2D eigenvalue weighted by atomic mass is 9.89. The lowest BCUT2D eigenvalue weighted by Crippen LogP contribution is -2.56. The number of likely N-dealkylation sites (N-methyl/N-ethyl adjacent to an activating group) is 2. The highest BCUT2D eigenvalue weighted by atomic mass is 16.5. The van der Waals surface area contributed by atoms with Gasteiger partial charge < -0.3 is 29.9 Å². The van der Waals surface area contributed by atoms with E-state index in [1.54, 1.807) is 26.2 Å². The van der Waals surface area contributed by atoms with Crippen LogP contribution in [0.15, 0.2) is 36.5 Å². The number of ether oxygens (including phenoxy) is 2. The van der Waals surface area contributed by atoms with Gasteiger partial charge in [-0.25, -0.2) is 0 Å². The topological polar surface area (TPSA) is 100 Å². The number of carbonyl (C=O) groups excluding carboxylic acids is 3. The molecule has 1 saturated heterocycles. The summed E-state index contributed by atoms with van der Waals surface area (Å²) in [4.78, 5) is 44.2. The van der Waals surface area contributed by atoms with Gasteiger partial charge in [0, 0.05) is 34.4 Å². The van der Waals surface area contributed by atoms with E-state index in [0.717, 1.165) is 25.7 Å². The summed E-state index contributed by atoms with van der Waals surface area (Å²) in [6, 6.07) is -0.788. The Morgan fingerprint density at radius 2 is 1.67 bits per heavy atom. The molecule has 3 amide bonds. The van der Waals surface area contributed by atoms with Crippen molar-refractivity contribution >= 4 is 17.7 Å². The molecule has 0 aromatic carbocycles. The van der Waals surface area contributed by atoms with Crippen molar-refractivity contribution in [3.63, 3.8) is 0 Å². The maximum absolute atomic E-state index is 13.9. The predicted molar refractivity (Wildman–Crippen MR) is 172 cm³/mol. The third kappa shape index (κ3) is 10.0. The van der Waals surface area contributed by atoms with Gasteiger partial charge in [-0.15, -0.1) is 0 Å². The van der Waals surface area contributed by atoms with Gasteiger partial charge in [-0.1, -0.05) is 77.5 Å². The van der Waals surface area contributed by atoms with Gasteiger partial charge in [-0.2, -0.15) is 0 Å². The van der Waals surface area contributed by atoms with Crippen molar-refractivity contribution in [1.29, 1.82) is 0 Å². The van der Waals surface area contributed by atoms with Gasteiger partial charge in [0.15, 0.2) is 0 Å². The SMILES string of the molecule is CCC(C)C(C(CC(=O)N1CCCC1C(OC)C(C)C(=O)NCCC1C=CC=CC=C1)OC)N(C)C(=O)C(NC)C(C)C. The Labute approximate surface area is 260 Å². The van der Waals surface area contributed by atoms with Crippen LogP contribution in [0.4, 0.5) is 0 Å². The van der Waals surface area contributed by atoms with Crippen LogP contribution in [-0.2, 0) is 23.9 Å². The Morgan fingerprint density at radius 3 is 2.21 bits per heavy atom. The predicted octanol–water partition coefficient (Wildman–Crippen LogP) is 3.96. The minimum absolute atomic E-state index is 0.00149. The Kier molecular flexibility index (Phi) is 15.7. The number of allylic oxidation sites excluding steroid dienone is 6. The molecule has 1 fully saturated rings. The summed E-state index contributed by atoms with van der Waals surface area (Å²) < 4.78 is 11.8. The lowest BCUT2D eigenvalue weighted by molar-refractivity contribution is -0.147. The van der Waals surface area contributed by atoms with E-state index in [4.69, 9.17) is 9.47 Å². The first-order chi connectivity index (χ1) is 20.5. The molecule has 2 aliphatic rings. The van der Waals surface area contributed by atoms with E-state index in [9.17, 15) is 14.4 Å². The molecular formula is C34H58N4O5. The third-order valence-electron chi connectivity index (χ3n) is 9.33. The van der Waals surface area contributed by atoms with Crippen LogP contribution in [0.25, 0.3) is 0 Å². The van der Waals surface area contributed by atoms with Gasteiger partial charge in [0.2, 0.25) is 17.7 Å². The lowest BCUT2D eigenvalue weighted by Gasteiger charge is -2.40. The Balaban J connectivity index is 2.11. The Hall–Kier alpha value is -2.49. The second kappa shape index (κ2) is 18.3. The van der Waals surface area contributed by atoms with Crippen LogP contribution >= 0.6 is 0 Å². The number of nitrogens with one attached hydrogen (secondary N) is 2. The molecule has 0 radical (unpaired) electrons. The smallest absolute Gasteiger partial charge is 0.240 e. The van der Waals surface area contributed by atoms with Crippen LogP contribution in [0.5, 0.6) is 0 Å². The van der Waals surface area contributed by atoms with Crippen LogP contribution in [-0.4, -0.2) is 99.3 Å². The molecule has 0 spiro atoms. The second-order valence-electron chi connectivity index (χ2n) is 12.5. The van der Waals surface area contributed by atoms with E-state index in [1.807, 2.05) is 57.0 Å². The molecule has 9 heteroatoms. The Morgan fingerprint density at radius 1 is 1.02 bits per heavy atom. The molecule has 0 aromatic rings. The molecule has 244 valence electrons. The fourth-order valence-electron chi connectivity index (χ4n) is 6.59. The molecule has 43 heavy (non-hydrogen) atoms. The molecular weight excluding hydrogens is 544 g/mol. The van der Waals surface area contributed by atoms with Gasteiger partial charge in [0.05, 0.1) is 42.7 Å². The summed E-state index contributed by atoms with van der Waals surface area (Å²) in [7, 11) is 6.86. The van der Waals surface area contributed by atoms with Crippen molar-refractivity contribution in [2.45, 2.75) is 97.1 Å². The van der Waals surface area contributed by atoms with Crippen molar-refractivity contribution in [2.24, 2.45) is 23.7 Å². The second-order valence-corrected chi connectivity index (χ2v) is 12.5. The molecule has 2 N–H and O–H groups in total. The standard InChI is InChI=1S/C34H58N4O5/c1-10-24(4)31(37(7)34(41)30(35-6)23(2)3)28(42-8)22-29(39)38-21-15-18-27(38)32(43-9)25(5)33(40)36-20-19-26-16-13-11-12-14-17-26/h11-14,16-17,23-28,30-32,35H,10,15,18-22H2,1-9H3,(H,36,40). The number of likely N-dealkylation sites (tertiary alicyclic amines) is 1. The maximum atomic E-state index is 13.9. The molecule has 1 heterocycles. The molecule has 1 aliphatic carbocycles. The zero-order chi connectivity index (χ0) is 32.1. The van der Waals surface area contributed by atoms with Gasteiger partial charge >= 0.3 is 0 Å². The van der Waals surface area contributed by atoms with Gasteiger partial charge in [0.1, 0.15) is 0 Å². The average Bonchev–Trinajstić information content (AvgIpc) is 3.32. The minimum atomic E-state index is -0.466. The first-order valence-electron chi connectivity index (χ1n) is 16.1. The van der Waals surface area contributed by atoms with E-state index >= 15 is 0 Å². The molecule has 0 aromatic heterocycles. The van der Waals surface area contributed by atoms with E-state index in [0.29, 0.717) is 13.1 Å². The van der Waals surface area contributed by atoms with E-state index in [1.165, 1.54) is 0 Å². The normalized spacial score (nSPS) is 21.3. The summed E-state index contributed by atoms with van der Waals surface area (Å²) >= 11 is 0. The van der Waals surface area contributed by atoms with Crippen LogP contribution in [0.2, 0.25) is 0 Å². The molecule has 7 unspecified atom stereocenters. The summed E-state index contributed by atoms with van der Waals surface area (Å²) in [5.74, 6) is 0.00561. The monoisotopic (exact) mass is 602 g/mol. The van der Waals surface area contributed by atoms with E-state index in [-0.39, 0.29) is 60.0 Å². The molecule has 1 aliphatic heterocycles. The van der Waals surface area contributed by atoms with Gasteiger partial charge in [-0.3, -0.25) is 14.4 Å². The van der Waals surface area contributed by atoms with E-state index in [2.05, 4.69) is 36.6 Å². The first-order valence-corrected chi connectivity index (χ1v) is 16.1. The van der Waals surface area contributed by atoms with Crippen LogP contribution in [0.3, 0.4) is 0 Å². The first kappa shape index (κ1) is 36.7. The fourth-order valence-corrected chi connectivity index (χ4v) is 6.59. The van der Waals surface area contributed by atoms with Crippen molar-refractivity contribution in [1.82, 2.24) is 20.4 Å². The van der Waals surface area contributed by atoms with Crippen molar-refractivity contribution in [3.05, 3.63) is 36.5 Å². The third-order valence-corrected chi connectivity index (χ3v) is 9.33. The molecule has 0 saturated carbocycles. The average molecular weight is 603 g/mol. The van der Waals surface area contributed by atoms with Crippen molar-refractivity contribution in [3.8, 4) is 0 Å². The summed E-state index contributed by atoms with van der Waals surface area (Å²) in [5, 5.41) is 6.23. The number of hydrogen-bond donors (Lipinski definition) is 2.